The summed E-state index contributed by atoms with van der Waals surface area (Å²) >= 11 is 1.55. The van der Waals surface area contributed by atoms with E-state index in [1.807, 2.05) is 12.1 Å². The van der Waals surface area contributed by atoms with Gasteiger partial charge in [-0.15, -0.1) is 11.8 Å². The van der Waals surface area contributed by atoms with Gasteiger partial charge in [0.05, 0.1) is 11.5 Å². The van der Waals surface area contributed by atoms with Crippen LogP contribution < -0.4 is 10.0 Å². The Labute approximate surface area is 179 Å². The van der Waals surface area contributed by atoms with Crippen LogP contribution in [-0.2, 0) is 28.1 Å². The fourth-order valence-electron chi connectivity index (χ4n) is 2.58. The number of carbonyl (C=O) groups excluding carboxylic acids is 1. The first-order chi connectivity index (χ1) is 14.3. The quantitative estimate of drug-likeness (QED) is 0.486. The molecule has 30 heavy (non-hydrogen) atoms. The summed E-state index contributed by atoms with van der Waals surface area (Å²) < 4.78 is 30.5. The van der Waals surface area contributed by atoms with Crippen LogP contribution >= 0.6 is 11.8 Å². The summed E-state index contributed by atoms with van der Waals surface area (Å²) in [5.41, 5.74) is 2.13. The van der Waals surface area contributed by atoms with Gasteiger partial charge in [0.25, 0.3) is 5.91 Å². The van der Waals surface area contributed by atoms with Crippen LogP contribution in [-0.4, -0.2) is 31.5 Å². The monoisotopic (exact) mass is 446 g/mol. The molecule has 0 bridgehead atoms. The van der Waals surface area contributed by atoms with Crippen molar-refractivity contribution in [2.45, 2.75) is 29.9 Å². The van der Waals surface area contributed by atoms with E-state index in [1.54, 1.807) is 55.1 Å². The zero-order chi connectivity index (χ0) is 21.6. The fourth-order valence-corrected chi connectivity index (χ4v) is 4.09. The van der Waals surface area contributed by atoms with E-state index in [1.165, 1.54) is 7.05 Å². The summed E-state index contributed by atoms with van der Waals surface area (Å²) in [6, 6.07) is 14.4. The second kappa shape index (κ2) is 9.88. The number of aromatic nitrogens is 2. The Balaban J connectivity index is 1.49. The third-order valence-electron chi connectivity index (χ3n) is 4.19. The molecule has 3 aromatic rings. The number of nitrogens with one attached hydrogen (secondary N) is 2. The number of hydrogen-bond donors (Lipinski definition) is 2. The maximum absolute atomic E-state index is 12.4. The second-order valence-electron chi connectivity index (χ2n) is 6.51. The molecule has 0 aliphatic carbocycles. The lowest BCUT2D eigenvalue weighted by Crippen LogP contribution is -2.22. The minimum Gasteiger partial charge on any atom is -0.348 e. The minimum atomic E-state index is -3.30. The molecule has 3 rings (SSSR count). The van der Waals surface area contributed by atoms with E-state index in [-0.39, 0.29) is 11.7 Å². The largest absolute Gasteiger partial charge is 0.348 e. The summed E-state index contributed by atoms with van der Waals surface area (Å²) in [6.45, 7) is 2.12. The highest BCUT2D eigenvalue weighted by molar-refractivity contribution is 7.98. The molecule has 0 radical (unpaired) electrons. The Hall–Kier alpha value is -2.69. The number of amides is 1. The van der Waals surface area contributed by atoms with Gasteiger partial charge in [-0.3, -0.25) is 4.79 Å². The Morgan fingerprint density at radius 3 is 2.33 bits per heavy atom. The van der Waals surface area contributed by atoms with Crippen LogP contribution in [0.4, 0.5) is 0 Å². The molecule has 10 heteroatoms. The third kappa shape index (κ3) is 6.41. The molecule has 2 N–H and O–H groups in total. The van der Waals surface area contributed by atoms with Crippen LogP contribution in [0.15, 0.2) is 57.9 Å². The number of benzene rings is 2. The number of aryl methyl sites for hydroxylation is 1. The van der Waals surface area contributed by atoms with Crippen molar-refractivity contribution in [3.05, 3.63) is 76.9 Å². The molecule has 0 spiro atoms. The summed E-state index contributed by atoms with van der Waals surface area (Å²) in [7, 11) is -1.92. The Bertz CT molecular complexity index is 1090. The first-order valence-corrected chi connectivity index (χ1v) is 11.8. The van der Waals surface area contributed by atoms with Crippen molar-refractivity contribution < 1.29 is 17.7 Å². The van der Waals surface area contributed by atoms with E-state index in [2.05, 4.69) is 20.2 Å². The number of carbonyl (C=O) groups is 1. The third-order valence-corrected chi connectivity index (χ3v) is 6.52. The molecule has 0 aliphatic heterocycles. The number of thioether (sulfide) groups is 1. The zero-order valence-corrected chi connectivity index (χ0v) is 18.2. The van der Waals surface area contributed by atoms with Crippen molar-refractivity contribution in [1.29, 1.82) is 0 Å². The summed E-state index contributed by atoms with van der Waals surface area (Å²) in [6.07, 6.45) is 0. The Morgan fingerprint density at radius 2 is 1.73 bits per heavy atom. The first-order valence-electron chi connectivity index (χ1n) is 9.14. The van der Waals surface area contributed by atoms with Crippen molar-refractivity contribution in [2.24, 2.45) is 0 Å². The van der Waals surface area contributed by atoms with Crippen molar-refractivity contribution >= 4 is 27.7 Å². The molecule has 0 fully saturated rings. The Kier molecular flexibility index (Phi) is 7.24. The number of hydrogen-bond acceptors (Lipinski definition) is 7. The predicted molar refractivity (Wildman–Crippen MR) is 114 cm³/mol. The van der Waals surface area contributed by atoms with Gasteiger partial charge in [-0.2, -0.15) is 4.98 Å². The van der Waals surface area contributed by atoms with Gasteiger partial charge in [-0.05, 0) is 49.4 Å². The SMILES string of the molecule is CNS(=O)(=O)Cc1ccc(CNC(=O)c2ccc(SCc3nc(C)no3)cc2)cc1. The molecule has 1 amide bonds. The average molecular weight is 447 g/mol. The molecule has 0 saturated carbocycles. The smallest absolute Gasteiger partial charge is 0.251 e. The van der Waals surface area contributed by atoms with Crippen LogP contribution in [0.2, 0.25) is 0 Å². The van der Waals surface area contributed by atoms with Crippen molar-refractivity contribution in [3.8, 4) is 0 Å². The normalized spacial score (nSPS) is 11.4. The van der Waals surface area contributed by atoms with E-state index in [9.17, 15) is 13.2 Å². The molecule has 0 aliphatic rings. The molecule has 158 valence electrons. The lowest BCUT2D eigenvalue weighted by atomic mass is 10.1. The van der Waals surface area contributed by atoms with Crippen molar-refractivity contribution in [2.75, 3.05) is 7.05 Å². The van der Waals surface area contributed by atoms with Gasteiger partial charge in [-0.1, -0.05) is 29.4 Å². The molecule has 2 aromatic carbocycles. The molecule has 0 atom stereocenters. The van der Waals surface area contributed by atoms with Crippen molar-refractivity contribution in [1.82, 2.24) is 20.2 Å². The van der Waals surface area contributed by atoms with Gasteiger partial charge in [-0.25, -0.2) is 13.1 Å². The molecule has 1 heterocycles. The van der Waals surface area contributed by atoms with Gasteiger partial charge in [0.2, 0.25) is 15.9 Å². The summed E-state index contributed by atoms with van der Waals surface area (Å²) in [5, 5.41) is 6.62. The highest BCUT2D eigenvalue weighted by Gasteiger charge is 2.09. The molecule has 0 saturated heterocycles. The maximum atomic E-state index is 12.4. The van der Waals surface area contributed by atoms with Gasteiger partial charge in [0.15, 0.2) is 5.82 Å². The molecular formula is C20H22N4O4S2. The van der Waals surface area contributed by atoms with Crippen LogP contribution in [0, 0.1) is 6.92 Å². The number of sulfonamides is 1. The van der Waals surface area contributed by atoms with E-state index < -0.39 is 10.0 Å². The molecular weight excluding hydrogens is 424 g/mol. The molecule has 1 aromatic heterocycles. The van der Waals surface area contributed by atoms with Crippen LogP contribution in [0.25, 0.3) is 0 Å². The minimum absolute atomic E-state index is 0.0768. The Morgan fingerprint density at radius 1 is 1.07 bits per heavy atom. The highest BCUT2D eigenvalue weighted by atomic mass is 32.2. The van der Waals surface area contributed by atoms with Gasteiger partial charge in [0.1, 0.15) is 0 Å². The average Bonchev–Trinajstić information content (AvgIpc) is 3.17. The highest BCUT2D eigenvalue weighted by Crippen LogP contribution is 2.22. The lowest BCUT2D eigenvalue weighted by Gasteiger charge is -2.08. The van der Waals surface area contributed by atoms with E-state index in [4.69, 9.17) is 4.52 Å². The molecule has 0 unspecified atom stereocenters. The van der Waals surface area contributed by atoms with Crippen LogP contribution in [0.3, 0.4) is 0 Å². The summed E-state index contributed by atoms with van der Waals surface area (Å²) in [5.74, 6) is 1.48. The first kappa shape index (κ1) is 22.0. The van der Waals surface area contributed by atoms with E-state index in [0.717, 1.165) is 10.5 Å². The van der Waals surface area contributed by atoms with Gasteiger partial charge >= 0.3 is 0 Å². The number of nitrogens with zero attached hydrogens (tertiary/aromatic N) is 2. The van der Waals surface area contributed by atoms with Crippen LogP contribution in [0.1, 0.15) is 33.2 Å². The fraction of sp³-hybridized carbons (Fsp3) is 0.250. The van der Waals surface area contributed by atoms with Gasteiger partial charge < -0.3 is 9.84 Å². The number of rotatable bonds is 9. The molecule has 8 nitrogen and oxygen atoms in total. The maximum Gasteiger partial charge on any atom is 0.251 e. The van der Waals surface area contributed by atoms with E-state index >= 15 is 0 Å². The standard InChI is InChI=1S/C20H22N4O4S2/c1-14-23-19(28-24-14)12-29-18-9-7-17(8-10-18)20(25)22-11-15-3-5-16(6-4-15)13-30(26,27)21-2/h3-10,21H,11-13H2,1-2H3,(H,22,25). The zero-order valence-electron chi connectivity index (χ0n) is 16.6. The van der Waals surface area contributed by atoms with E-state index in [0.29, 0.717) is 35.1 Å². The second-order valence-corrected chi connectivity index (χ2v) is 9.49. The topological polar surface area (TPSA) is 114 Å². The predicted octanol–water partition coefficient (Wildman–Crippen LogP) is 2.65. The summed E-state index contributed by atoms with van der Waals surface area (Å²) in [4.78, 5) is 17.5. The van der Waals surface area contributed by atoms with Crippen molar-refractivity contribution in [3.63, 3.8) is 0 Å². The van der Waals surface area contributed by atoms with Crippen LogP contribution in [0.5, 0.6) is 0 Å². The van der Waals surface area contributed by atoms with Gasteiger partial charge in [0, 0.05) is 17.0 Å². The lowest BCUT2D eigenvalue weighted by molar-refractivity contribution is 0.0951.